The van der Waals surface area contributed by atoms with E-state index < -0.39 is 0 Å². The van der Waals surface area contributed by atoms with Crippen molar-refractivity contribution in [1.29, 1.82) is 0 Å². The molecule has 1 aromatic carbocycles. The van der Waals surface area contributed by atoms with Crippen molar-refractivity contribution in [3.05, 3.63) is 47.1 Å². The molecule has 17 heavy (non-hydrogen) atoms. The fourth-order valence-corrected chi connectivity index (χ4v) is 1.84. The van der Waals surface area contributed by atoms with Gasteiger partial charge in [-0.05, 0) is 37.3 Å². The number of rotatable bonds is 1. The number of nitrogens with zero attached hydrogens (tertiary/aromatic N) is 2. The van der Waals surface area contributed by atoms with Crippen LogP contribution in [-0.4, -0.2) is 10.2 Å². The van der Waals surface area contributed by atoms with E-state index in [0.29, 0.717) is 16.6 Å². The van der Waals surface area contributed by atoms with Crippen LogP contribution in [0.15, 0.2) is 40.8 Å². The van der Waals surface area contributed by atoms with Crippen LogP contribution in [-0.2, 0) is 0 Å². The fourth-order valence-electron chi connectivity index (χ4n) is 1.74. The molecule has 84 valence electrons. The monoisotopic (exact) mass is 244 g/mol. The Morgan fingerprint density at radius 2 is 1.94 bits per heavy atom. The van der Waals surface area contributed by atoms with Crippen LogP contribution in [0.5, 0.6) is 0 Å². The molecule has 0 spiro atoms. The van der Waals surface area contributed by atoms with E-state index in [1.54, 1.807) is 12.1 Å². The highest BCUT2D eigenvalue weighted by Crippen LogP contribution is 2.27. The van der Waals surface area contributed by atoms with E-state index in [1.165, 1.54) is 5.56 Å². The maximum Gasteiger partial charge on any atom is 0.155 e. The Morgan fingerprint density at radius 3 is 2.71 bits per heavy atom. The number of aryl methyl sites for hydroxylation is 1. The average Bonchev–Trinajstić information content (AvgIpc) is 2.72. The minimum atomic E-state index is 0.376. The van der Waals surface area contributed by atoms with Crippen molar-refractivity contribution < 1.29 is 4.42 Å². The van der Waals surface area contributed by atoms with Gasteiger partial charge in [0.25, 0.3) is 0 Å². The standard InChI is InChI=1S/C13H9ClN2O/c1-8-2-4-11-9(6-8)7-12(17-11)10-3-5-13(14)16-15-10/h2-7H,1H3. The second kappa shape index (κ2) is 3.86. The largest absolute Gasteiger partial charge is 0.454 e. The molecule has 0 aliphatic heterocycles. The van der Waals surface area contributed by atoms with E-state index in [2.05, 4.69) is 16.3 Å². The van der Waals surface area contributed by atoms with Crippen LogP contribution in [0.25, 0.3) is 22.4 Å². The molecule has 2 aromatic heterocycles. The third-order valence-corrected chi connectivity index (χ3v) is 2.76. The van der Waals surface area contributed by atoms with E-state index in [1.807, 2.05) is 25.1 Å². The second-order valence-corrected chi connectivity index (χ2v) is 4.28. The molecule has 0 saturated carbocycles. The van der Waals surface area contributed by atoms with Gasteiger partial charge in [0.1, 0.15) is 11.3 Å². The SMILES string of the molecule is Cc1ccc2oc(-c3ccc(Cl)nn3)cc2c1. The summed E-state index contributed by atoms with van der Waals surface area (Å²) >= 11 is 5.69. The van der Waals surface area contributed by atoms with Crippen molar-refractivity contribution in [2.75, 3.05) is 0 Å². The van der Waals surface area contributed by atoms with Gasteiger partial charge >= 0.3 is 0 Å². The molecule has 0 unspecified atom stereocenters. The molecule has 0 aliphatic rings. The molecule has 3 rings (SSSR count). The zero-order valence-corrected chi connectivity index (χ0v) is 9.90. The molecule has 0 aliphatic carbocycles. The summed E-state index contributed by atoms with van der Waals surface area (Å²) in [4.78, 5) is 0. The Balaban J connectivity index is 2.14. The first-order valence-corrected chi connectivity index (χ1v) is 5.60. The molecule has 2 heterocycles. The summed E-state index contributed by atoms with van der Waals surface area (Å²) in [7, 11) is 0. The van der Waals surface area contributed by atoms with E-state index in [9.17, 15) is 0 Å². The van der Waals surface area contributed by atoms with Crippen molar-refractivity contribution in [2.45, 2.75) is 6.92 Å². The van der Waals surface area contributed by atoms with Gasteiger partial charge in [0.15, 0.2) is 10.9 Å². The topological polar surface area (TPSA) is 38.9 Å². The Hall–Kier alpha value is -1.87. The van der Waals surface area contributed by atoms with Gasteiger partial charge in [0, 0.05) is 5.39 Å². The quantitative estimate of drug-likeness (QED) is 0.653. The molecule has 0 saturated heterocycles. The third-order valence-electron chi connectivity index (χ3n) is 2.56. The minimum Gasteiger partial charge on any atom is -0.454 e. The van der Waals surface area contributed by atoms with Crippen LogP contribution in [0.1, 0.15) is 5.56 Å². The van der Waals surface area contributed by atoms with Crippen molar-refractivity contribution in [1.82, 2.24) is 10.2 Å². The van der Waals surface area contributed by atoms with Crippen molar-refractivity contribution >= 4 is 22.6 Å². The third kappa shape index (κ3) is 1.89. The molecule has 3 aromatic rings. The molecular weight excluding hydrogens is 236 g/mol. The first kappa shape index (κ1) is 10.3. The molecule has 0 N–H and O–H groups in total. The summed E-state index contributed by atoms with van der Waals surface area (Å²) in [5.74, 6) is 0.703. The summed E-state index contributed by atoms with van der Waals surface area (Å²) in [6.45, 7) is 2.05. The number of aromatic nitrogens is 2. The zero-order valence-electron chi connectivity index (χ0n) is 9.14. The van der Waals surface area contributed by atoms with Gasteiger partial charge in [-0.15, -0.1) is 10.2 Å². The summed E-state index contributed by atoms with van der Waals surface area (Å²) in [6, 6.07) is 11.5. The van der Waals surface area contributed by atoms with Gasteiger partial charge in [0.2, 0.25) is 0 Å². The Kier molecular flexibility index (Phi) is 2.34. The van der Waals surface area contributed by atoms with Gasteiger partial charge in [-0.3, -0.25) is 0 Å². The molecule has 0 radical (unpaired) electrons. The minimum absolute atomic E-state index is 0.376. The fraction of sp³-hybridized carbons (Fsp3) is 0.0769. The van der Waals surface area contributed by atoms with E-state index in [4.69, 9.17) is 16.0 Å². The number of benzene rings is 1. The summed E-state index contributed by atoms with van der Waals surface area (Å²) in [5, 5.41) is 9.23. The summed E-state index contributed by atoms with van der Waals surface area (Å²) in [6.07, 6.45) is 0. The number of fused-ring (bicyclic) bond motifs is 1. The number of hydrogen-bond acceptors (Lipinski definition) is 3. The van der Waals surface area contributed by atoms with E-state index >= 15 is 0 Å². The van der Waals surface area contributed by atoms with Gasteiger partial charge in [-0.1, -0.05) is 23.2 Å². The first-order chi connectivity index (χ1) is 8.22. The highest BCUT2D eigenvalue weighted by molar-refractivity contribution is 6.29. The van der Waals surface area contributed by atoms with Crippen molar-refractivity contribution in [3.8, 4) is 11.5 Å². The highest BCUT2D eigenvalue weighted by Gasteiger charge is 2.07. The van der Waals surface area contributed by atoms with Crippen LogP contribution in [0.3, 0.4) is 0 Å². The predicted molar refractivity (Wildman–Crippen MR) is 67.0 cm³/mol. The molecule has 0 fully saturated rings. The van der Waals surface area contributed by atoms with Crippen molar-refractivity contribution in [3.63, 3.8) is 0 Å². The molecule has 0 amide bonds. The lowest BCUT2D eigenvalue weighted by molar-refractivity contribution is 0.627. The van der Waals surface area contributed by atoms with Gasteiger partial charge in [-0.25, -0.2) is 0 Å². The molecule has 4 heteroatoms. The Morgan fingerprint density at radius 1 is 1.06 bits per heavy atom. The normalized spacial score (nSPS) is 10.9. The van der Waals surface area contributed by atoms with E-state index in [-0.39, 0.29) is 0 Å². The smallest absolute Gasteiger partial charge is 0.155 e. The second-order valence-electron chi connectivity index (χ2n) is 3.89. The number of halogens is 1. The maximum absolute atomic E-state index is 5.70. The van der Waals surface area contributed by atoms with Crippen LogP contribution >= 0.6 is 11.6 Å². The Bertz CT molecular complexity index is 673. The number of hydrogen-bond donors (Lipinski definition) is 0. The first-order valence-electron chi connectivity index (χ1n) is 5.22. The van der Waals surface area contributed by atoms with Crippen LogP contribution in [0.2, 0.25) is 5.15 Å². The Labute approximate surface area is 103 Å². The van der Waals surface area contributed by atoms with Crippen LogP contribution in [0.4, 0.5) is 0 Å². The van der Waals surface area contributed by atoms with Gasteiger partial charge in [-0.2, -0.15) is 0 Å². The molecule has 0 atom stereocenters. The molecular formula is C13H9ClN2O. The van der Waals surface area contributed by atoms with Gasteiger partial charge < -0.3 is 4.42 Å². The zero-order chi connectivity index (χ0) is 11.8. The average molecular weight is 245 g/mol. The molecule has 3 nitrogen and oxygen atoms in total. The van der Waals surface area contributed by atoms with Crippen molar-refractivity contribution in [2.24, 2.45) is 0 Å². The maximum atomic E-state index is 5.70. The lowest BCUT2D eigenvalue weighted by Crippen LogP contribution is -1.84. The molecule has 0 bridgehead atoms. The lowest BCUT2D eigenvalue weighted by atomic mass is 10.2. The van der Waals surface area contributed by atoms with Crippen LogP contribution < -0.4 is 0 Å². The van der Waals surface area contributed by atoms with Crippen LogP contribution in [0, 0.1) is 6.92 Å². The van der Waals surface area contributed by atoms with Gasteiger partial charge in [0.05, 0.1) is 0 Å². The predicted octanol–water partition coefficient (Wildman–Crippen LogP) is 3.85. The number of furan rings is 1. The summed E-state index contributed by atoms with van der Waals surface area (Å²) in [5.41, 5.74) is 2.73. The lowest BCUT2D eigenvalue weighted by Gasteiger charge is -1.93. The highest BCUT2D eigenvalue weighted by atomic mass is 35.5. The van der Waals surface area contributed by atoms with E-state index in [0.717, 1.165) is 11.0 Å². The summed E-state index contributed by atoms with van der Waals surface area (Å²) < 4.78 is 5.70.